The Hall–Kier alpha value is -2.84. The van der Waals surface area contributed by atoms with E-state index >= 15 is 0 Å². The Kier molecular flexibility index (Phi) is 5.56. The van der Waals surface area contributed by atoms with E-state index < -0.39 is 29.7 Å². The maximum absolute atomic E-state index is 14.0. The van der Waals surface area contributed by atoms with Crippen LogP contribution in [0.25, 0.3) is 0 Å². The topological polar surface area (TPSA) is 86.1 Å². The molecule has 0 bridgehead atoms. The number of alkyl halides is 2. The second-order valence-electron chi connectivity index (χ2n) is 4.79. The van der Waals surface area contributed by atoms with Crippen LogP contribution in [-0.2, 0) is 22.0 Å². The van der Waals surface area contributed by atoms with Crippen LogP contribution in [0.1, 0.15) is 12.6 Å². The third kappa shape index (κ3) is 4.34. The Morgan fingerprint density at radius 2 is 2.12 bits per heavy atom. The van der Waals surface area contributed by atoms with Crippen molar-refractivity contribution in [1.29, 1.82) is 0 Å². The Bertz CT molecular complexity index is 750. The first kappa shape index (κ1) is 17.5. The van der Waals surface area contributed by atoms with Gasteiger partial charge in [0, 0.05) is 18.6 Å². The second-order valence-corrected chi connectivity index (χ2v) is 4.79. The number of anilines is 1. The van der Waals surface area contributed by atoms with Gasteiger partial charge in [0.1, 0.15) is 12.2 Å². The zero-order valence-corrected chi connectivity index (χ0v) is 12.9. The van der Waals surface area contributed by atoms with Crippen molar-refractivity contribution in [2.75, 3.05) is 18.5 Å². The minimum Gasteiger partial charge on any atom is -0.465 e. The molecule has 2 aromatic heterocycles. The summed E-state index contributed by atoms with van der Waals surface area (Å²) >= 11 is 0. The van der Waals surface area contributed by atoms with E-state index in [0.29, 0.717) is 0 Å². The van der Waals surface area contributed by atoms with Crippen molar-refractivity contribution in [1.82, 2.24) is 14.5 Å². The standard InChI is InChI=1S/C15H16F2N4O3/c1-2-24-12(22)9-21-8-7-19-13(14(21)23)20-10-15(16,17)11-5-3-4-6-18-11/h3-8H,2,9-10H2,1H3,(H,19,20). The zero-order valence-electron chi connectivity index (χ0n) is 12.9. The van der Waals surface area contributed by atoms with Crippen LogP contribution in [0.2, 0.25) is 0 Å². The molecule has 1 N–H and O–H groups in total. The van der Waals surface area contributed by atoms with Crippen molar-refractivity contribution in [3.63, 3.8) is 0 Å². The second kappa shape index (κ2) is 7.62. The number of nitrogens with zero attached hydrogens (tertiary/aromatic N) is 3. The van der Waals surface area contributed by atoms with Gasteiger partial charge in [-0.05, 0) is 19.1 Å². The van der Waals surface area contributed by atoms with E-state index in [1.165, 1.54) is 36.8 Å². The molecule has 0 saturated heterocycles. The number of rotatable bonds is 7. The molecular weight excluding hydrogens is 322 g/mol. The van der Waals surface area contributed by atoms with Crippen LogP contribution in [-0.4, -0.2) is 33.7 Å². The van der Waals surface area contributed by atoms with Gasteiger partial charge in [0.15, 0.2) is 5.82 Å². The SMILES string of the molecule is CCOC(=O)Cn1ccnc(NCC(F)(F)c2ccccn2)c1=O. The number of ether oxygens (including phenoxy) is 1. The molecule has 0 fully saturated rings. The molecule has 2 rings (SSSR count). The van der Waals surface area contributed by atoms with Crippen LogP contribution < -0.4 is 10.9 Å². The van der Waals surface area contributed by atoms with Crippen LogP contribution in [0.3, 0.4) is 0 Å². The fraction of sp³-hybridized carbons (Fsp3) is 0.333. The highest BCUT2D eigenvalue weighted by molar-refractivity contribution is 5.69. The Balaban J connectivity index is 2.10. The highest BCUT2D eigenvalue weighted by Gasteiger charge is 2.33. The zero-order chi connectivity index (χ0) is 17.6. The molecule has 0 aliphatic rings. The first-order valence-electron chi connectivity index (χ1n) is 7.18. The molecule has 9 heteroatoms. The summed E-state index contributed by atoms with van der Waals surface area (Å²) in [6.07, 6.45) is 3.78. The molecule has 0 aromatic carbocycles. The molecule has 0 unspecified atom stereocenters. The van der Waals surface area contributed by atoms with Gasteiger partial charge in [0.05, 0.1) is 13.2 Å². The van der Waals surface area contributed by atoms with Gasteiger partial charge in [-0.2, -0.15) is 8.78 Å². The third-order valence-corrected chi connectivity index (χ3v) is 3.04. The molecule has 0 aliphatic carbocycles. The van der Waals surface area contributed by atoms with Gasteiger partial charge in [-0.1, -0.05) is 6.07 Å². The van der Waals surface area contributed by atoms with E-state index in [0.717, 1.165) is 4.57 Å². The molecule has 0 radical (unpaired) electrons. The van der Waals surface area contributed by atoms with Gasteiger partial charge in [-0.25, -0.2) is 4.98 Å². The summed E-state index contributed by atoms with van der Waals surface area (Å²) in [6, 6.07) is 4.17. The number of nitrogens with one attached hydrogen (secondary N) is 1. The van der Waals surface area contributed by atoms with Crippen LogP contribution in [0, 0.1) is 0 Å². The number of hydrogen-bond donors (Lipinski definition) is 1. The summed E-state index contributed by atoms with van der Waals surface area (Å²) in [6.45, 7) is 0.649. The van der Waals surface area contributed by atoms with Gasteiger partial charge in [0.25, 0.3) is 5.56 Å². The molecule has 0 spiro atoms. The first-order valence-corrected chi connectivity index (χ1v) is 7.18. The summed E-state index contributed by atoms with van der Waals surface area (Å²) in [5.41, 5.74) is -1.11. The fourth-order valence-corrected chi connectivity index (χ4v) is 1.90. The molecule has 2 heterocycles. The van der Waals surface area contributed by atoms with Gasteiger partial charge in [-0.3, -0.25) is 19.1 Å². The summed E-state index contributed by atoms with van der Waals surface area (Å²) < 4.78 is 33.9. The van der Waals surface area contributed by atoms with E-state index in [1.54, 1.807) is 6.92 Å². The smallest absolute Gasteiger partial charge is 0.326 e. The number of halogens is 2. The quantitative estimate of drug-likeness (QED) is 0.768. The molecule has 0 aliphatic heterocycles. The number of hydrogen-bond acceptors (Lipinski definition) is 6. The van der Waals surface area contributed by atoms with E-state index in [2.05, 4.69) is 15.3 Å². The maximum Gasteiger partial charge on any atom is 0.326 e. The molecule has 128 valence electrons. The van der Waals surface area contributed by atoms with Crippen molar-refractivity contribution in [2.45, 2.75) is 19.4 Å². The molecular formula is C15H16F2N4O3. The maximum atomic E-state index is 14.0. The molecule has 2 aromatic rings. The number of pyridine rings is 1. The predicted octanol–water partition coefficient (Wildman–Crippen LogP) is 1.41. The fourth-order valence-electron chi connectivity index (χ4n) is 1.90. The summed E-state index contributed by atoms with van der Waals surface area (Å²) in [4.78, 5) is 30.9. The van der Waals surface area contributed by atoms with Crippen molar-refractivity contribution in [2.24, 2.45) is 0 Å². The Morgan fingerprint density at radius 1 is 1.33 bits per heavy atom. The van der Waals surface area contributed by atoms with Crippen LogP contribution >= 0.6 is 0 Å². The third-order valence-electron chi connectivity index (χ3n) is 3.04. The number of carbonyl (C=O) groups excluding carboxylic acids is 1. The van der Waals surface area contributed by atoms with E-state index in [4.69, 9.17) is 4.74 Å². The number of esters is 1. The molecule has 0 saturated carbocycles. The lowest BCUT2D eigenvalue weighted by Gasteiger charge is -2.16. The molecule has 24 heavy (non-hydrogen) atoms. The average Bonchev–Trinajstić information content (AvgIpc) is 2.57. The van der Waals surface area contributed by atoms with E-state index in [1.807, 2.05) is 0 Å². The van der Waals surface area contributed by atoms with Gasteiger partial charge in [-0.15, -0.1) is 0 Å². The summed E-state index contributed by atoms with van der Waals surface area (Å²) in [7, 11) is 0. The van der Waals surface area contributed by atoms with Crippen molar-refractivity contribution >= 4 is 11.8 Å². The monoisotopic (exact) mass is 338 g/mol. The number of aromatic nitrogens is 3. The van der Waals surface area contributed by atoms with Crippen molar-refractivity contribution in [3.05, 3.63) is 52.8 Å². The minimum absolute atomic E-state index is 0.181. The lowest BCUT2D eigenvalue weighted by Crippen LogP contribution is -2.32. The highest BCUT2D eigenvalue weighted by Crippen LogP contribution is 2.25. The highest BCUT2D eigenvalue weighted by atomic mass is 19.3. The van der Waals surface area contributed by atoms with Gasteiger partial charge < -0.3 is 10.1 Å². The first-order chi connectivity index (χ1) is 11.4. The van der Waals surface area contributed by atoms with Gasteiger partial charge >= 0.3 is 11.9 Å². The van der Waals surface area contributed by atoms with E-state index in [9.17, 15) is 18.4 Å². The summed E-state index contributed by atoms with van der Waals surface area (Å²) in [5, 5.41) is 2.31. The van der Waals surface area contributed by atoms with Crippen LogP contribution in [0.15, 0.2) is 41.6 Å². The molecule has 7 nitrogen and oxygen atoms in total. The molecule has 0 atom stereocenters. The Morgan fingerprint density at radius 3 is 2.79 bits per heavy atom. The van der Waals surface area contributed by atoms with Crippen molar-refractivity contribution in [3.8, 4) is 0 Å². The summed E-state index contributed by atoms with van der Waals surface area (Å²) in [5.74, 6) is -4.16. The van der Waals surface area contributed by atoms with Crippen LogP contribution in [0.5, 0.6) is 0 Å². The molecule has 0 amide bonds. The lowest BCUT2D eigenvalue weighted by molar-refractivity contribution is -0.143. The average molecular weight is 338 g/mol. The largest absolute Gasteiger partial charge is 0.465 e. The number of carbonyl (C=O) groups is 1. The Labute approximate surface area is 136 Å². The lowest BCUT2D eigenvalue weighted by atomic mass is 10.2. The minimum atomic E-state index is -3.28. The predicted molar refractivity (Wildman–Crippen MR) is 81.8 cm³/mol. The van der Waals surface area contributed by atoms with Crippen LogP contribution in [0.4, 0.5) is 14.6 Å². The van der Waals surface area contributed by atoms with E-state index in [-0.39, 0.29) is 19.0 Å². The normalized spacial score (nSPS) is 11.1. The van der Waals surface area contributed by atoms with Crippen molar-refractivity contribution < 1.29 is 18.3 Å². The van der Waals surface area contributed by atoms with Gasteiger partial charge in [0.2, 0.25) is 0 Å².